The zero-order chi connectivity index (χ0) is 22.5. The summed E-state index contributed by atoms with van der Waals surface area (Å²) in [4.78, 5) is 31.9. The molecule has 1 saturated heterocycles. The Morgan fingerprint density at radius 1 is 0.969 bits per heavy atom. The fraction of sp³-hybridized carbons (Fsp3) is 0.125. The lowest BCUT2D eigenvalue weighted by Gasteiger charge is -2.32. The van der Waals surface area contributed by atoms with Crippen molar-refractivity contribution in [1.29, 1.82) is 0 Å². The SMILES string of the molecule is O=C(Nc1ccc(F)cc1)C1CC(=O)N(Cc2ccc(F)cc2)C(=Nc2ccccc2)S1. The van der Waals surface area contributed by atoms with Gasteiger partial charge in [0.1, 0.15) is 16.9 Å². The zero-order valence-electron chi connectivity index (χ0n) is 16.9. The van der Waals surface area contributed by atoms with E-state index in [0.29, 0.717) is 16.5 Å². The lowest BCUT2D eigenvalue weighted by Crippen LogP contribution is -2.44. The first-order valence-electron chi connectivity index (χ1n) is 9.89. The van der Waals surface area contributed by atoms with Crippen molar-refractivity contribution in [2.24, 2.45) is 4.99 Å². The number of anilines is 1. The smallest absolute Gasteiger partial charge is 0.238 e. The molecule has 0 radical (unpaired) electrons. The average molecular weight is 451 g/mol. The molecule has 32 heavy (non-hydrogen) atoms. The van der Waals surface area contributed by atoms with Crippen LogP contribution in [0.3, 0.4) is 0 Å². The van der Waals surface area contributed by atoms with Crippen molar-refractivity contribution in [1.82, 2.24) is 4.90 Å². The number of amidine groups is 1. The number of hydrogen-bond donors (Lipinski definition) is 1. The molecule has 1 aliphatic heterocycles. The van der Waals surface area contributed by atoms with Crippen molar-refractivity contribution in [3.8, 4) is 0 Å². The third-order valence-electron chi connectivity index (χ3n) is 4.78. The van der Waals surface area contributed by atoms with Crippen LogP contribution in [-0.2, 0) is 16.1 Å². The summed E-state index contributed by atoms with van der Waals surface area (Å²) in [6, 6.07) is 20.4. The maximum atomic E-state index is 13.3. The fourth-order valence-electron chi connectivity index (χ4n) is 3.14. The molecule has 2 amide bonds. The number of rotatable bonds is 5. The van der Waals surface area contributed by atoms with E-state index in [9.17, 15) is 18.4 Å². The molecule has 0 saturated carbocycles. The van der Waals surface area contributed by atoms with Gasteiger partial charge in [-0.2, -0.15) is 0 Å². The number of nitrogens with one attached hydrogen (secondary N) is 1. The van der Waals surface area contributed by atoms with Gasteiger partial charge in [0.05, 0.1) is 12.2 Å². The molecular formula is C24H19F2N3O2S. The third kappa shape index (κ3) is 5.39. The van der Waals surface area contributed by atoms with Crippen LogP contribution in [0.25, 0.3) is 0 Å². The Bertz CT molecular complexity index is 1140. The molecule has 1 fully saturated rings. The molecular weight excluding hydrogens is 432 g/mol. The number of carbonyl (C=O) groups excluding carboxylic acids is 2. The summed E-state index contributed by atoms with van der Waals surface area (Å²) in [5.41, 5.74) is 1.83. The van der Waals surface area contributed by atoms with Crippen molar-refractivity contribution in [2.75, 3.05) is 5.32 Å². The van der Waals surface area contributed by atoms with Crippen LogP contribution in [0.2, 0.25) is 0 Å². The summed E-state index contributed by atoms with van der Waals surface area (Å²) < 4.78 is 26.4. The molecule has 8 heteroatoms. The average Bonchev–Trinajstić information content (AvgIpc) is 2.79. The second-order valence-electron chi connectivity index (χ2n) is 7.14. The van der Waals surface area contributed by atoms with E-state index in [4.69, 9.17) is 0 Å². The number of amides is 2. The number of benzene rings is 3. The normalized spacial score (nSPS) is 17.4. The van der Waals surface area contributed by atoms with E-state index in [2.05, 4.69) is 10.3 Å². The minimum atomic E-state index is -0.695. The monoisotopic (exact) mass is 451 g/mol. The first-order valence-corrected chi connectivity index (χ1v) is 10.8. The molecule has 1 heterocycles. The number of nitrogens with zero attached hydrogens (tertiary/aromatic N) is 2. The number of para-hydroxylation sites is 1. The topological polar surface area (TPSA) is 61.8 Å². The van der Waals surface area contributed by atoms with Gasteiger partial charge in [0.15, 0.2) is 5.17 Å². The van der Waals surface area contributed by atoms with Gasteiger partial charge in [-0.1, -0.05) is 42.1 Å². The first kappa shape index (κ1) is 21.7. The molecule has 0 spiro atoms. The second kappa shape index (κ2) is 9.74. The summed E-state index contributed by atoms with van der Waals surface area (Å²) in [5.74, 6) is -1.39. The van der Waals surface area contributed by atoms with Crippen molar-refractivity contribution in [2.45, 2.75) is 18.2 Å². The van der Waals surface area contributed by atoms with Gasteiger partial charge in [-0.15, -0.1) is 0 Å². The Balaban J connectivity index is 1.57. The van der Waals surface area contributed by atoms with E-state index >= 15 is 0 Å². The lowest BCUT2D eigenvalue weighted by molar-refractivity contribution is -0.129. The van der Waals surface area contributed by atoms with Crippen LogP contribution in [-0.4, -0.2) is 27.1 Å². The molecule has 0 aliphatic carbocycles. The standard InChI is InChI=1S/C24H19F2N3O2S/c25-17-8-6-16(7-9-17)15-29-22(30)14-21(23(31)27-20-12-10-18(26)11-13-20)32-24(29)28-19-4-2-1-3-5-19/h1-13,21H,14-15H2,(H,27,31). The van der Waals surface area contributed by atoms with E-state index in [0.717, 1.165) is 5.56 Å². The maximum Gasteiger partial charge on any atom is 0.238 e. The van der Waals surface area contributed by atoms with Gasteiger partial charge >= 0.3 is 0 Å². The van der Waals surface area contributed by atoms with Crippen LogP contribution < -0.4 is 5.32 Å². The van der Waals surface area contributed by atoms with Crippen LogP contribution in [0.4, 0.5) is 20.2 Å². The number of carbonyl (C=O) groups is 2. The molecule has 1 unspecified atom stereocenters. The van der Waals surface area contributed by atoms with Crippen LogP contribution in [0.15, 0.2) is 83.9 Å². The van der Waals surface area contributed by atoms with E-state index in [-0.39, 0.29) is 30.6 Å². The minimum absolute atomic E-state index is 0.0211. The predicted octanol–water partition coefficient (Wildman–Crippen LogP) is 5.13. The van der Waals surface area contributed by atoms with Crippen LogP contribution >= 0.6 is 11.8 Å². The third-order valence-corrected chi connectivity index (χ3v) is 5.97. The van der Waals surface area contributed by atoms with Gasteiger partial charge in [0.2, 0.25) is 11.8 Å². The summed E-state index contributed by atoms with van der Waals surface area (Å²) in [5, 5.41) is 2.41. The van der Waals surface area contributed by atoms with Crippen molar-refractivity contribution >= 4 is 40.1 Å². The van der Waals surface area contributed by atoms with E-state index in [1.807, 2.05) is 18.2 Å². The number of thioether (sulfide) groups is 1. The van der Waals surface area contributed by atoms with E-state index in [1.54, 1.807) is 24.3 Å². The van der Waals surface area contributed by atoms with Gasteiger partial charge in [0, 0.05) is 12.1 Å². The van der Waals surface area contributed by atoms with Crippen LogP contribution in [0.1, 0.15) is 12.0 Å². The van der Waals surface area contributed by atoms with Gasteiger partial charge in [-0.3, -0.25) is 14.5 Å². The Labute approximate surface area is 188 Å². The highest BCUT2D eigenvalue weighted by Gasteiger charge is 2.36. The Morgan fingerprint density at radius 2 is 1.59 bits per heavy atom. The van der Waals surface area contributed by atoms with Gasteiger partial charge in [0.25, 0.3) is 0 Å². The molecule has 3 aromatic rings. The molecule has 1 atom stereocenters. The molecule has 1 N–H and O–H groups in total. The summed E-state index contributed by atoms with van der Waals surface area (Å²) in [7, 11) is 0. The van der Waals surface area contributed by atoms with Gasteiger partial charge in [-0.05, 0) is 54.1 Å². The highest BCUT2D eigenvalue weighted by molar-refractivity contribution is 8.15. The van der Waals surface area contributed by atoms with E-state index in [1.165, 1.54) is 53.1 Å². The Kier molecular flexibility index (Phi) is 6.61. The summed E-state index contributed by atoms with van der Waals surface area (Å²) in [6.07, 6.45) is -0.0211. The first-order chi connectivity index (χ1) is 15.5. The second-order valence-corrected chi connectivity index (χ2v) is 8.31. The molecule has 162 valence electrons. The van der Waals surface area contributed by atoms with Crippen LogP contribution in [0, 0.1) is 11.6 Å². The van der Waals surface area contributed by atoms with Crippen LogP contribution in [0.5, 0.6) is 0 Å². The minimum Gasteiger partial charge on any atom is -0.325 e. The maximum absolute atomic E-state index is 13.3. The molecule has 4 rings (SSSR count). The van der Waals surface area contributed by atoms with Gasteiger partial charge in [-0.25, -0.2) is 13.8 Å². The summed E-state index contributed by atoms with van der Waals surface area (Å²) in [6.45, 7) is 0.212. The molecule has 5 nitrogen and oxygen atoms in total. The largest absolute Gasteiger partial charge is 0.325 e. The highest BCUT2D eigenvalue weighted by atomic mass is 32.2. The number of hydrogen-bond acceptors (Lipinski definition) is 4. The number of halogens is 2. The number of aliphatic imine (C=N–C) groups is 1. The van der Waals surface area contributed by atoms with Crippen molar-refractivity contribution in [3.05, 3.63) is 96.1 Å². The Morgan fingerprint density at radius 3 is 2.25 bits per heavy atom. The zero-order valence-corrected chi connectivity index (χ0v) is 17.7. The lowest BCUT2D eigenvalue weighted by atomic mass is 10.2. The Hall–Kier alpha value is -3.52. The van der Waals surface area contributed by atoms with E-state index < -0.39 is 11.1 Å². The van der Waals surface area contributed by atoms with Gasteiger partial charge < -0.3 is 5.32 Å². The van der Waals surface area contributed by atoms with Crippen molar-refractivity contribution < 1.29 is 18.4 Å². The molecule has 0 bridgehead atoms. The molecule has 0 aromatic heterocycles. The fourth-order valence-corrected chi connectivity index (χ4v) is 4.24. The highest BCUT2D eigenvalue weighted by Crippen LogP contribution is 2.31. The molecule has 3 aromatic carbocycles. The quantitative estimate of drug-likeness (QED) is 0.585. The molecule has 1 aliphatic rings. The van der Waals surface area contributed by atoms with Crippen molar-refractivity contribution in [3.63, 3.8) is 0 Å². The predicted molar refractivity (Wildman–Crippen MR) is 122 cm³/mol. The summed E-state index contributed by atoms with van der Waals surface area (Å²) >= 11 is 1.19.